The van der Waals surface area contributed by atoms with Crippen molar-refractivity contribution >= 4 is 5.91 Å². The lowest BCUT2D eigenvalue weighted by Gasteiger charge is -2.26. The Morgan fingerprint density at radius 2 is 1.88 bits per heavy atom. The van der Waals surface area contributed by atoms with Crippen molar-refractivity contribution in [3.63, 3.8) is 0 Å². The maximum absolute atomic E-state index is 12.1. The summed E-state index contributed by atoms with van der Waals surface area (Å²) in [6.45, 7) is 4.54. The Kier molecular flexibility index (Phi) is 3.76. The average Bonchev–Trinajstić information content (AvgIpc) is 2.39. The van der Waals surface area contributed by atoms with Crippen molar-refractivity contribution in [2.75, 3.05) is 26.3 Å². The molecule has 1 fully saturated rings. The van der Waals surface area contributed by atoms with Gasteiger partial charge in [0.1, 0.15) is 0 Å². The number of rotatable bonds is 2. The van der Waals surface area contributed by atoms with Crippen LogP contribution in [0.1, 0.15) is 28.9 Å². The molecular formula is C13H18N2O2. The summed E-state index contributed by atoms with van der Waals surface area (Å²) in [7, 11) is 0. The Labute approximate surface area is 101 Å². The molecule has 0 bridgehead atoms. The van der Waals surface area contributed by atoms with Gasteiger partial charge in [-0.2, -0.15) is 0 Å². The number of ether oxygens (including phenoxy) is 1. The molecule has 1 amide bonds. The van der Waals surface area contributed by atoms with E-state index in [-0.39, 0.29) is 11.9 Å². The number of hydrogen-bond donors (Lipinski definition) is 1. The first-order valence-electron chi connectivity index (χ1n) is 5.91. The summed E-state index contributed by atoms with van der Waals surface area (Å²) in [4.78, 5) is 13.9. The van der Waals surface area contributed by atoms with E-state index >= 15 is 0 Å². The molecule has 1 unspecified atom stereocenters. The van der Waals surface area contributed by atoms with Crippen LogP contribution in [-0.4, -0.2) is 37.1 Å². The van der Waals surface area contributed by atoms with Gasteiger partial charge in [0.05, 0.1) is 13.2 Å². The minimum atomic E-state index is 0.00235. The van der Waals surface area contributed by atoms with E-state index in [2.05, 4.69) is 0 Å². The van der Waals surface area contributed by atoms with Crippen molar-refractivity contribution in [2.24, 2.45) is 5.73 Å². The number of carbonyl (C=O) groups is 1. The minimum Gasteiger partial charge on any atom is -0.378 e. The summed E-state index contributed by atoms with van der Waals surface area (Å²) in [5.74, 6) is 0.0736. The van der Waals surface area contributed by atoms with Crippen LogP contribution in [0.3, 0.4) is 0 Å². The Balaban J connectivity index is 2.08. The van der Waals surface area contributed by atoms with Gasteiger partial charge in [-0.1, -0.05) is 12.1 Å². The van der Waals surface area contributed by atoms with E-state index in [9.17, 15) is 4.79 Å². The number of hydrogen-bond acceptors (Lipinski definition) is 3. The first kappa shape index (κ1) is 12.1. The molecule has 92 valence electrons. The van der Waals surface area contributed by atoms with Gasteiger partial charge in [0.25, 0.3) is 5.91 Å². The van der Waals surface area contributed by atoms with E-state index < -0.39 is 0 Å². The molecule has 0 radical (unpaired) electrons. The summed E-state index contributed by atoms with van der Waals surface area (Å²) < 4.78 is 5.23. The van der Waals surface area contributed by atoms with Gasteiger partial charge in [0, 0.05) is 24.7 Å². The van der Waals surface area contributed by atoms with Gasteiger partial charge >= 0.3 is 0 Å². The van der Waals surface area contributed by atoms with Gasteiger partial charge in [-0.15, -0.1) is 0 Å². The van der Waals surface area contributed by atoms with Crippen molar-refractivity contribution in [2.45, 2.75) is 13.0 Å². The van der Waals surface area contributed by atoms with Crippen LogP contribution in [0, 0.1) is 0 Å². The Hall–Kier alpha value is -1.39. The first-order valence-corrected chi connectivity index (χ1v) is 5.91. The average molecular weight is 234 g/mol. The second-order valence-electron chi connectivity index (χ2n) is 4.32. The molecule has 1 aromatic rings. The standard InChI is InChI=1S/C13H18N2O2/c1-10(14)11-2-4-12(5-3-11)13(16)15-6-8-17-9-7-15/h2-5,10H,6-9,14H2,1H3. The van der Waals surface area contributed by atoms with Gasteiger partial charge in [-0.25, -0.2) is 0 Å². The number of benzene rings is 1. The van der Waals surface area contributed by atoms with E-state index in [0.717, 1.165) is 11.1 Å². The summed E-state index contributed by atoms with van der Waals surface area (Å²) in [5, 5.41) is 0. The summed E-state index contributed by atoms with van der Waals surface area (Å²) in [6.07, 6.45) is 0. The summed E-state index contributed by atoms with van der Waals surface area (Å²) in [6, 6.07) is 7.52. The lowest BCUT2D eigenvalue weighted by Crippen LogP contribution is -2.40. The zero-order valence-corrected chi connectivity index (χ0v) is 10.1. The zero-order valence-electron chi connectivity index (χ0n) is 10.1. The highest BCUT2D eigenvalue weighted by Gasteiger charge is 2.18. The molecule has 2 rings (SSSR count). The maximum Gasteiger partial charge on any atom is 0.254 e. The SMILES string of the molecule is CC(N)c1ccc(C(=O)N2CCOCC2)cc1. The fourth-order valence-corrected chi connectivity index (χ4v) is 1.88. The van der Waals surface area contributed by atoms with E-state index in [1.54, 1.807) is 0 Å². The number of carbonyl (C=O) groups excluding carboxylic acids is 1. The highest BCUT2D eigenvalue weighted by atomic mass is 16.5. The number of nitrogens with zero attached hydrogens (tertiary/aromatic N) is 1. The molecule has 17 heavy (non-hydrogen) atoms. The van der Waals surface area contributed by atoms with Crippen LogP contribution < -0.4 is 5.73 Å². The molecule has 4 nitrogen and oxygen atoms in total. The second kappa shape index (κ2) is 5.29. The number of nitrogens with two attached hydrogens (primary N) is 1. The van der Waals surface area contributed by atoms with Crippen LogP contribution in [0.15, 0.2) is 24.3 Å². The lowest BCUT2D eigenvalue weighted by molar-refractivity contribution is 0.0303. The number of morpholine rings is 1. The van der Waals surface area contributed by atoms with Crippen LogP contribution in [0.5, 0.6) is 0 Å². The highest BCUT2D eigenvalue weighted by molar-refractivity contribution is 5.94. The van der Waals surface area contributed by atoms with Crippen LogP contribution in [0.4, 0.5) is 0 Å². The van der Waals surface area contributed by atoms with Crippen LogP contribution in [0.2, 0.25) is 0 Å². The van der Waals surface area contributed by atoms with E-state index in [1.165, 1.54) is 0 Å². The van der Waals surface area contributed by atoms with Gasteiger partial charge in [-0.3, -0.25) is 4.79 Å². The molecule has 1 atom stereocenters. The molecule has 0 aliphatic carbocycles. The molecule has 4 heteroatoms. The normalized spacial score (nSPS) is 17.9. The van der Waals surface area contributed by atoms with Crippen LogP contribution in [-0.2, 0) is 4.74 Å². The Bertz CT molecular complexity index is 381. The van der Waals surface area contributed by atoms with E-state index in [0.29, 0.717) is 26.3 Å². The lowest BCUT2D eigenvalue weighted by atomic mass is 10.1. The van der Waals surface area contributed by atoms with Crippen molar-refractivity contribution in [1.29, 1.82) is 0 Å². The summed E-state index contributed by atoms with van der Waals surface area (Å²) in [5.41, 5.74) is 7.53. The zero-order chi connectivity index (χ0) is 12.3. The maximum atomic E-state index is 12.1. The molecule has 2 N–H and O–H groups in total. The van der Waals surface area contributed by atoms with Gasteiger partial charge < -0.3 is 15.4 Å². The van der Waals surface area contributed by atoms with Gasteiger partial charge in [0.2, 0.25) is 0 Å². The third-order valence-electron chi connectivity index (χ3n) is 2.98. The molecule has 0 aromatic heterocycles. The first-order chi connectivity index (χ1) is 8.18. The third-order valence-corrected chi connectivity index (χ3v) is 2.98. The van der Waals surface area contributed by atoms with Crippen molar-refractivity contribution < 1.29 is 9.53 Å². The van der Waals surface area contributed by atoms with Gasteiger partial charge in [-0.05, 0) is 24.6 Å². The number of amides is 1. The van der Waals surface area contributed by atoms with Crippen molar-refractivity contribution in [1.82, 2.24) is 4.90 Å². The molecule has 0 spiro atoms. The monoisotopic (exact) mass is 234 g/mol. The smallest absolute Gasteiger partial charge is 0.254 e. The van der Waals surface area contributed by atoms with Crippen molar-refractivity contribution in [3.8, 4) is 0 Å². The molecule has 0 saturated carbocycles. The second-order valence-corrected chi connectivity index (χ2v) is 4.32. The van der Waals surface area contributed by atoms with Crippen LogP contribution in [0.25, 0.3) is 0 Å². The fraction of sp³-hybridized carbons (Fsp3) is 0.462. The molecule has 1 aliphatic rings. The predicted molar refractivity (Wildman–Crippen MR) is 65.8 cm³/mol. The highest BCUT2D eigenvalue weighted by Crippen LogP contribution is 2.13. The molecule has 1 aliphatic heterocycles. The molecule has 1 heterocycles. The largest absolute Gasteiger partial charge is 0.378 e. The third kappa shape index (κ3) is 2.84. The van der Waals surface area contributed by atoms with E-state index in [1.807, 2.05) is 36.1 Å². The van der Waals surface area contributed by atoms with Crippen molar-refractivity contribution in [3.05, 3.63) is 35.4 Å². The Morgan fingerprint density at radius 3 is 2.41 bits per heavy atom. The minimum absolute atomic E-state index is 0.00235. The molecule has 1 aromatic carbocycles. The molecule has 1 saturated heterocycles. The topological polar surface area (TPSA) is 55.6 Å². The predicted octanol–water partition coefficient (Wildman–Crippen LogP) is 1.18. The quantitative estimate of drug-likeness (QED) is 0.836. The fourth-order valence-electron chi connectivity index (χ4n) is 1.88. The summed E-state index contributed by atoms with van der Waals surface area (Å²) >= 11 is 0. The van der Waals surface area contributed by atoms with E-state index in [4.69, 9.17) is 10.5 Å². The van der Waals surface area contributed by atoms with Gasteiger partial charge in [0.15, 0.2) is 0 Å². The van der Waals surface area contributed by atoms with Crippen LogP contribution >= 0.6 is 0 Å². The Morgan fingerprint density at radius 1 is 1.29 bits per heavy atom. The molecular weight excluding hydrogens is 216 g/mol.